The van der Waals surface area contributed by atoms with Crippen LogP contribution in [0.2, 0.25) is 24.7 Å². The molecular formula is C40H51NOSi2. The Kier molecular flexibility index (Phi) is 11.6. The number of hydrogen-bond donors (Lipinski definition) is 1. The first-order chi connectivity index (χ1) is 21.0. The zero-order valence-electron chi connectivity index (χ0n) is 27.8. The van der Waals surface area contributed by atoms with Crippen molar-refractivity contribution in [3.63, 3.8) is 0 Å². The molecule has 0 heterocycles. The van der Waals surface area contributed by atoms with Crippen molar-refractivity contribution in [3.05, 3.63) is 132 Å². The van der Waals surface area contributed by atoms with Crippen LogP contribution in [0.15, 0.2) is 121 Å². The summed E-state index contributed by atoms with van der Waals surface area (Å²) in [5, 5.41) is 6.49. The summed E-state index contributed by atoms with van der Waals surface area (Å²) in [6, 6.07) is 43.6. The third-order valence-electron chi connectivity index (χ3n) is 8.23. The van der Waals surface area contributed by atoms with Crippen LogP contribution in [-0.2, 0) is 11.0 Å². The molecule has 0 saturated carbocycles. The van der Waals surface area contributed by atoms with Crippen molar-refractivity contribution in [2.45, 2.75) is 83.9 Å². The molecule has 4 aromatic carbocycles. The Hall–Kier alpha value is -3.21. The maximum absolute atomic E-state index is 7.99. The zero-order valence-corrected chi connectivity index (χ0v) is 29.8. The monoisotopic (exact) mass is 617 g/mol. The third-order valence-corrected chi connectivity index (χ3v) is 14.1. The van der Waals surface area contributed by atoms with E-state index in [1.807, 2.05) is 0 Å². The van der Waals surface area contributed by atoms with Crippen LogP contribution in [0.4, 0.5) is 0 Å². The summed E-state index contributed by atoms with van der Waals surface area (Å²) in [6.45, 7) is 17.1. The van der Waals surface area contributed by atoms with Gasteiger partial charge in [0.15, 0.2) is 0 Å². The molecule has 0 amide bonds. The van der Waals surface area contributed by atoms with Crippen molar-refractivity contribution in [1.29, 1.82) is 0 Å². The molecule has 0 bridgehead atoms. The van der Waals surface area contributed by atoms with Gasteiger partial charge in [-0.25, -0.2) is 0 Å². The Balaban J connectivity index is 1.96. The van der Waals surface area contributed by atoms with Gasteiger partial charge in [0, 0.05) is 12.5 Å². The molecule has 0 spiro atoms. The summed E-state index contributed by atoms with van der Waals surface area (Å²) in [7, 11) is -4.47. The molecular weight excluding hydrogens is 567 g/mol. The highest BCUT2D eigenvalue weighted by atomic mass is 28.4. The minimum atomic E-state index is -2.87. The van der Waals surface area contributed by atoms with Crippen LogP contribution < -0.4 is 15.7 Å². The molecule has 2 nitrogen and oxygen atoms in total. The standard InChI is InChI=1S/C40H51NOSi2/c1-8-21-34(30-31-43(5,6)7)38(41-32-33-22-13-9-14-23-33)39(35-24-15-10-16-25-35)42-44(40(2,3)4,36-26-17-11-18-27-36)37-28-19-12-20-29-37/h9-20,22-29,34,38-39,41H,8,21,32H2,1-7H3. The highest BCUT2D eigenvalue weighted by Gasteiger charge is 2.52. The minimum absolute atomic E-state index is 0.0111. The molecule has 3 atom stereocenters. The van der Waals surface area contributed by atoms with E-state index in [-0.39, 0.29) is 23.1 Å². The van der Waals surface area contributed by atoms with E-state index in [9.17, 15) is 0 Å². The van der Waals surface area contributed by atoms with Gasteiger partial charge < -0.3 is 9.74 Å². The second kappa shape index (κ2) is 15.2. The summed E-state index contributed by atoms with van der Waals surface area (Å²) in [6.07, 6.45) is 1.87. The fourth-order valence-corrected chi connectivity index (χ4v) is 11.4. The summed E-state index contributed by atoms with van der Waals surface area (Å²) in [5.41, 5.74) is 6.22. The highest BCUT2D eigenvalue weighted by molar-refractivity contribution is 6.99. The molecule has 0 saturated heterocycles. The second-order valence-corrected chi connectivity index (χ2v) is 22.9. The first kappa shape index (κ1) is 33.7. The summed E-state index contributed by atoms with van der Waals surface area (Å²) in [5.74, 6) is 3.97. The lowest BCUT2D eigenvalue weighted by atomic mass is 9.88. The summed E-state index contributed by atoms with van der Waals surface area (Å²) in [4.78, 5) is 0. The van der Waals surface area contributed by atoms with Crippen LogP contribution in [0.3, 0.4) is 0 Å². The lowest BCUT2D eigenvalue weighted by Gasteiger charge is -2.47. The molecule has 0 aliphatic carbocycles. The first-order valence-corrected chi connectivity index (χ1v) is 21.6. The van der Waals surface area contributed by atoms with E-state index in [0.29, 0.717) is 0 Å². The molecule has 1 N–H and O–H groups in total. The van der Waals surface area contributed by atoms with E-state index >= 15 is 0 Å². The topological polar surface area (TPSA) is 21.3 Å². The van der Waals surface area contributed by atoms with Gasteiger partial charge in [-0.3, -0.25) is 0 Å². The normalized spacial score (nSPS) is 14.2. The Labute approximate surface area is 269 Å². The predicted molar refractivity (Wildman–Crippen MR) is 194 cm³/mol. The van der Waals surface area contributed by atoms with Gasteiger partial charge in [-0.1, -0.05) is 175 Å². The van der Waals surface area contributed by atoms with Crippen molar-refractivity contribution in [2.24, 2.45) is 5.92 Å². The van der Waals surface area contributed by atoms with E-state index in [1.165, 1.54) is 21.5 Å². The maximum atomic E-state index is 7.99. The van der Waals surface area contributed by atoms with Crippen molar-refractivity contribution < 1.29 is 4.43 Å². The molecule has 0 fully saturated rings. The van der Waals surface area contributed by atoms with Gasteiger partial charge in [0.1, 0.15) is 8.07 Å². The lowest BCUT2D eigenvalue weighted by Crippen LogP contribution is -2.68. The number of benzene rings is 4. The van der Waals surface area contributed by atoms with Crippen molar-refractivity contribution in [3.8, 4) is 11.5 Å². The SMILES string of the molecule is CCCC(C#C[Si](C)(C)C)C(NCc1ccccc1)C(O[Si](c1ccccc1)(c1ccccc1)C(C)(C)C)c1ccccc1. The van der Waals surface area contributed by atoms with Crippen molar-refractivity contribution >= 4 is 26.8 Å². The molecule has 0 radical (unpaired) electrons. The zero-order chi connectivity index (χ0) is 31.6. The molecule has 4 aromatic rings. The van der Waals surface area contributed by atoms with E-state index in [1.54, 1.807) is 0 Å². The predicted octanol–water partition coefficient (Wildman–Crippen LogP) is 8.76. The second-order valence-electron chi connectivity index (χ2n) is 13.9. The fraction of sp³-hybridized carbons (Fsp3) is 0.350. The number of hydrogen-bond acceptors (Lipinski definition) is 2. The Morgan fingerprint density at radius 2 is 1.18 bits per heavy atom. The van der Waals surface area contributed by atoms with Crippen LogP contribution in [0.5, 0.6) is 0 Å². The third kappa shape index (κ3) is 8.49. The van der Waals surface area contributed by atoms with Gasteiger partial charge in [0.25, 0.3) is 8.32 Å². The molecule has 44 heavy (non-hydrogen) atoms. The van der Waals surface area contributed by atoms with Crippen molar-refractivity contribution in [1.82, 2.24) is 5.32 Å². The fourth-order valence-electron chi connectivity index (χ4n) is 6.13. The quantitative estimate of drug-likeness (QED) is 0.127. The van der Waals surface area contributed by atoms with Gasteiger partial charge in [-0.15, -0.1) is 11.5 Å². The van der Waals surface area contributed by atoms with Crippen molar-refractivity contribution in [2.75, 3.05) is 0 Å². The van der Waals surface area contributed by atoms with Crippen LogP contribution in [0.1, 0.15) is 57.8 Å². The molecule has 4 heteroatoms. The van der Waals surface area contributed by atoms with Gasteiger partial charge in [-0.05, 0) is 33.0 Å². The largest absolute Gasteiger partial charge is 0.399 e. The molecule has 0 aromatic heterocycles. The Morgan fingerprint density at radius 1 is 0.705 bits per heavy atom. The van der Waals surface area contributed by atoms with Crippen LogP contribution >= 0.6 is 0 Å². The average Bonchev–Trinajstić information content (AvgIpc) is 3.02. The maximum Gasteiger partial charge on any atom is 0.261 e. The number of nitrogens with one attached hydrogen (secondary N) is 1. The Morgan fingerprint density at radius 3 is 1.64 bits per heavy atom. The van der Waals surface area contributed by atoms with E-state index in [0.717, 1.165) is 19.4 Å². The molecule has 3 unspecified atom stereocenters. The summed E-state index contributed by atoms with van der Waals surface area (Å²) >= 11 is 0. The van der Waals surface area contributed by atoms with Gasteiger partial charge in [-0.2, -0.15) is 0 Å². The smallest absolute Gasteiger partial charge is 0.261 e. The molecule has 0 aliphatic heterocycles. The molecule has 0 aliphatic rings. The Bertz CT molecular complexity index is 1430. The summed E-state index contributed by atoms with van der Waals surface area (Å²) < 4.78 is 7.99. The van der Waals surface area contributed by atoms with E-state index in [2.05, 4.69) is 185 Å². The first-order valence-electron chi connectivity index (χ1n) is 16.2. The van der Waals surface area contributed by atoms with Gasteiger partial charge >= 0.3 is 0 Å². The minimum Gasteiger partial charge on any atom is -0.399 e. The number of rotatable bonds is 12. The van der Waals surface area contributed by atoms with Gasteiger partial charge in [0.2, 0.25) is 0 Å². The van der Waals surface area contributed by atoms with Crippen LogP contribution in [0.25, 0.3) is 0 Å². The van der Waals surface area contributed by atoms with Gasteiger partial charge in [0.05, 0.1) is 12.1 Å². The van der Waals surface area contributed by atoms with E-state index in [4.69, 9.17) is 4.43 Å². The van der Waals surface area contributed by atoms with E-state index < -0.39 is 16.4 Å². The lowest BCUT2D eigenvalue weighted by molar-refractivity contribution is 0.119. The van der Waals surface area contributed by atoms with Crippen LogP contribution in [-0.4, -0.2) is 22.4 Å². The average molecular weight is 618 g/mol. The highest BCUT2D eigenvalue weighted by Crippen LogP contribution is 2.42. The molecule has 4 rings (SSSR count). The molecule has 230 valence electrons. The van der Waals surface area contributed by atoms with Crippen LogP contribution in [0, 0.1) is 17.4 Å².